The Balaban J connectivity index is 0.00000312. The Labute approximate surface area is 166 Å². The van der Waals surface area contributed by atoms with Gasteiger partial charge >= 0.3 is 6.18 Å². The van der Waals surface area contributed by atoms with E-state index in [-0.39, 0.29) is 24.0 Å². The van der Waals surface area contributed by atoms with Crippen LogP contribution in [0.1, 0.15) is 26.7 Å². The molecule has 0 fully saturated rings. The van der Waals surface area contributed by atoms with Crippen LogP contribution in [0, 0.1) is 13.8 Å². The van der Waals surface area contributed by atoms with Gasteiger partial charge in [0.1, 0.15) is 5.01 Å². The molecule has 4 nitrogen and oxygen atoms in total. The highest BCUT2D eigenvalue weighted by atomic mass is 127. The normalized spacial score (nSPS) is 11.8. The van der Waals surface area contributed by atoms with Crippen molar-refractivity contribution in [1.29, 1.82) is 0 Å². The first-order valence-electron chi connectivity index (χ1n) is 7.33. The number of aryl methyl sites for hydroxylation is 2. The Hall–Kier alpha value is -1.36. The van der Waals surface area contributed by atoms with Crippen LogP contribution in [0.25, 0.3) is 0 Å². The molecule has 0 atom stereocenters. The fraction of sp³-hybridized carbons (Fsp3) is 0.375. The lowest BCUT2D eigenvalue weighted by atomic mass is 10.1. The highest BCUT2D eigenvalue weighted by Crippen LogP contribution is 2.29. The fourth-order valence-corrected chi connectivity index (χ4v) is 2.87. The van der Waals surface area contributed by atoms with Crippen LogP contribution >= 0.6 is 35.3 Å². The van der Waals surface area contributed by atoms with Crippen molar-refractivity contribution in [2.24, 2.45) is 4.99 Å². The third-order valence-corrected chi connectivity index (χ3v) is 4.52. The molecular weight excluding hydrogens is 464 g/mol. The number of aliphatic imine (C=N–C) groups is 1. The van der Waals surface area contributed by atoms with E-state index in [0.717, 1.165) is 28.4 Å². The number of benzene rings is 1. The van der Waals surface area contributed by atoms with Crippen LogP contribution in [-0.2, 0) is 19.3 Å². The van der Waals surface area contributed by atoms with Gasteiger partial charge in [-0.2, -0.15) is 13.2 Å². The van der Waals surface area contributed by atoms with E-state index in [0.29, 0.717) is 19.0 Å². The first-order valence-corrected chi connectivity index (χ1v) is 8.15. The molecule has 0 bridgehead atoms. The molecule has 2 N–H and O–H groups in total. The van der Waals surface area contributed by atoms with Crippen LogP contribution in [0.4, 0.5) is 13.2 Å². The minimum Gasteiger partial charge on any atom is -0.352 e. The van der Waals surface area contributed by atoms with Gasteiger partial charge in [0.15, 0.2) is 5.96 Å². The maximum absolute atomic E-state index is 12.5. The number of guanidine groups is 1. The second-order valence-corrected chi connectivity index (χ2v) is 6.51. The van der Waals surface area contributed by atoms with Gasteiger partial charge in [-0.25, -0.2) is 4.98 Å². The summed E-state index contributed by atoms with van der Waals surface area (Å²) in [6.45, 7) is 4.92. The summed E-state index contributed by atoms with van der Waals surface area (Å²) in [4.78, 5) is 9.71. The maximum atomic E-state index is 12.5. The number of hydrogen-bond acceptors (Lipinski definition) is 3. The number of nitrogens with one attached hydrogen (secondary N) is 2. The molecule has 0 aliphatic heterocycles. The largest absolute Gasteiger partial charge is 0.416 e. The van der Waals surface area contributed by atoms with Crippen LogP contribution in [0.3, 0.4) is 0 Å². The summed E-state index contributed by atoms with van der Waals surface area (Å²) < 4.78 is 37.6. The van der Waals surface area contributed by atoms with Crippen LogP contribution in [-0.4, -0.2) is 18.0 Å². The first-order chi connectivity index (χ1) is 11.3. The summed E-state index contributed by atoms with van der Waals surface area (Å²) in [7, 11) is 1.64. The van der Waals surface area contributed by atoms with Gasteiger partial charge in [-0.05, 0) is 31.5 Å². The van der Waals surface area contributed by atoms with Crippen molar-refractivity contribution >= 4 is 41.3 Å². The van der Waals surface area contributed by atoms with Gasteiger partial charge in [-0.15, -0.1) is 35.3 Å². The van der Waals surface area contributed by atoms with Crippen molar-refractivity contribution in [1.82, 2.24) is 15.6 Å². The lowest BCUT2D eigenvalue weighted by Gasteiger charge is -2.12. The SMILES string of the molecule is CN=C(NCc1ccc(C(F)(F)F)cc1)NCc1nc(C)c(C)s1.I. The number of aromatic nitrogens is 1. The van der Waals surface area contributed by atoms with Gasteiger partial charge in [0.05, 0.1) is 17.8 Å². The summed E-state index contributed by atoms with van der Waals surface area (Å²) in [6, 6.07) is 5.07. The Morgan fingerprint density at radius 2 is 1.72 bits per heavy atom. The van der Waals surface area contributed by atoms with Crippen LogP contribution in [0.15, 0.2) is 29.3 Å². The zero-order valence-corrected chi connectivity index (χ0v) is 17.2. The average molecular weight is 484 g/mol. The molecule has 25 heavy (non-hydrogen) atoms. The van der Waals surface area contributed by atoms with E-state index in [1.165, 1.54) is 17.0 Å². The van der Waals surface area contributed by atoms with Crippen molar-refractivity contribution in [2.45, 2.75) is 33.1 Å². The minimum absolute atomic E-state index is 0. The number of thiazole rings is 1. The van der Waals surface area contributed by atoms with Crippen molar-refractivity contribution < 1.29 is 13.2 Å². The second kappa shape index (κ2) is 9.37. The molecule has 0 spiro atoms. The predicted octanol–water partition coefficient (Wildman–Crippen LogP) is 4.26. The average Bonchev–Trinajstić information content (AvgIpc) is 2.85. The van der Waals surface area contributed by atoms with E-state index in [2.05, 4.69) is 20.6 Å². The second-order valence-electron chi connectivity index (χ2n) is 5.22. The number of hydrogen-bond donors (Lipinski definition) is 2. The van der Waals surface area contributed by atoms with Crippen LogP contribution < -0.4 is 10.6 Å². The standard InChI is InChI=1S/C16H19F3N4S.HI/c1-10-11(2)24-14(23-10)9-22-15(20-3)21-8-12-4-6-13(7-5-12)16(17,18)19;/h4-7H,8-9H2,1-3H3,(H2,20,21,22);1H. The third kappa shape index (κ3) is 6.46. The lowest BCUT2D eigenvalue weighted by Crippen LogP contribution is -2.36. The Morgan fingerprint density at radius 3 is 2.20 bits per heavy atom. The molecule has 1 aromatic carbocycles. The summed E-state index contributed by atoms with van der Waals surface area (Å²) in [6.07, 6.45) is -4.31. The molecule has 0 saturated carbocycles. The molecule has 1 aromatic heterocycles. The Bertz CT molecular complexity index is 692. The molecular formula is C16H20F3IN4S. The van der Waals surface area contributed by atoms with Gasteiger partial charge in [0.25, 0.3) is 0 Å². The monoisotopic (exact) mass is 484 g/mol. The summed E-state index contributed by atoms with van der Waals surface area (Å²) in [5, 5.41) is 7.17. The molecule has 0 unspecified atom stereocenters. The summed E-state index contributed by atoms with van der Waals surface area (Å²) >= 11 is 1.62. The molecule has 2 aromatic rings. The highest BCUT2D eigenvalue weighted by Gasteiger charge is 2.29. The molecule has 0 aliphatic carbocycles. The molecule has 2 rings (SSSR count). The van der Waals surface area contributed by atoms with Crippen LogP contribution in [0.2, 0.25) is 0 Å². The summed E-state index contributed by atoms with van der Waals surface area (Å²) in [5.74, 6) is 0.570. The number of alkyl halides is 3. The van der Waals surface area contributed by atoms with E-state index in [1.807, 2.05) is 13.8 Å². The van der Waals surface area contributed by atoms with Gasteiger partial charge in [-0.1, -0.05) is 12.1 Å². The fourth-order valence-electron chi connectivity index (χ4n) is 1.99. The molecule has 0 amide bonds. The molecule has 0 saturated heterocycles. The third-order valence-electron chi connectivity index (χ3n) is 3.44. The molecule has 1 heterocycles. The molecule has 9 heteroatoms. The van der Waals surface area contributed by atoms with E-state index in [1.54, 1.807) is 18.4 Å². The first kappa shape index (κ1) is 21.7. The minimum atomic E-state index is -4.31. The smallest absolute Gasteiger partial charge is 0.352 e. The number of halogens is 4. The zero-order valence-electron chi connectivity index (χ0n) is 14.1. The maximum Gasteiger partial charge on any atom is 0.416 e. The Kier molecular flexibility index (Phi) is 8.13. The molecule has 0 aliphatic rings. The van der Waals surface area contributed by atoms with Crippen molar-refractivity contribution in [3.05, 3.63) is 51.0 Å². The topological polar surface area (TPSA) is 49.3 Å². The van der Waals surface area contributed by atoms with Gasteiger partial charge < -0.3 is 10.6 Å². The van der Waals surface area contributed by atoms with Crippen molar-refractivity contribution in [3.63, 3.8) is 0 Å². The Morgan fingerprint density at radius 1 is 1.12 bits per heavy atom. The van der Waals surface area contributed by atoms with Crippen molar-refractivity contribution in [3.8, 4) is 0 Å². The predicted molar refractivity (Wildman–Crippen MR) is 105 cm³/mol. The van der Waals surface area contributed by atoms with Gasteiger partial charge in [0.2, 0.25) is 0 Å². The van der Waals surface area contributed by atoms with Gasteiger partial charge in [-0.3, -0.25) is 4.99 Å². The lowest BCUT2D eigenvalue weighted by molar-refractivity contribution is -0.137. The van der Waals surface area contributed by atoms with E-state index in [4.69, 9.17) is 0 Å². The van der Waals surface area contributed by atoms with E-state index in [9.17, 15) is 13.2 Å². The zero-order chi connectivity index (χ0) is 17.7. The molecule has 0 radical (unpaired) electrons. The number of nitrogens with zero attached hydrogens (tertiary/aromatic N) is 2. The highest BCUT2D eigenvalue weighted by molar-refractivity contribution is 14.0. The van der Waals surface area contributed by atoms with Gasteiger partial charge in [0, 0.05) is 18.5 Å². The van der Waals surface area contributed by atoms with E-state index < -0.39 is 11.7 Å². The quantitative estimate of drug-likeness (QED) is 0.388. The molecule has 138 valence electrons. The summed E-state index contributed by atoms with van der Waals surface area (Å²) in [5.41, 5.74) is 1.11. The van der Waals surface area contributed by atoms with Crippen molar-refractivity contribution in [2.75, 3.05) is 7.05 Å². The van der Waals surface area contributed by atoms with Crippen LogP contribution in [0.5, 0.6) is 0 Å². The number of rotatable bonds is 4. The van der Waals surface area contributed by atoms with E-state index >= 15 is 0 Å².